The third-order valence-electron chi connectivity index (χ3n) is 2.42. The lowest BCUT2D eigenvalue weighted by molar-refractivity contribution is 0.283. The second-order valence-corrected chi connectivity index (χ2v) is 5.28. The number of benzene rings is 1. The smallest absolute Gasteiger partial charge is 0.229 e. The van der Waals surface area contributed by atoms with E-state index in [9.17, 15) is 0 Å². The zero-order chi connectivity index (χ0) is 13.1. The molecule has 0 saturated carbocycles. The lowest BCUT2D eigenvalue weighted by atomic mass is 10.2. The molecule has 0 spiro atoms. The molecule has 0 aliphatic rings. The minimum atomic E-state index is 0.234. The lowest BCUT2D eigenvalue weighted by Crippen LogP contribution is -1.98. The maximum atomic E-state index is 5.64. The molecule has 0 aliphatic carbocycles. The molecular formula is C13H15BrN2O2. The van der Waals surface area contributed by atoms with Crippen molar-refractivity contribution in [2.24, 2.45) is 0 Å². The van der Waals surface area contributed by atoms with E-state index in [0.29, 0.717) is 18.3 Å². The Morgan fingerprint density at radius 1 is 1.39 bits per heavy atom. The van der Waals surface area contributed by atoms with Crippen molar-refractivity contribution in [1.29, 1.82) is 0 Å². The molecule has 1 aromatic heterocycles. The Bertz CT molecular complexity index is 538. The minimum absolute atomic E-state index is 0.234. The van der Waals surface area contributed by atoms with E-state index in [2.05, 4.69) is 26.1 Å². The van der Waals surface area contributed by atoms with Crippen molar-refractivity contribution >= 4 is 15.9 Å². The summed E-state index contributed by atoms with van der Waals surface area (Å²) in [6, 6.07) is 5.92. The summed E-state index contributed by atoms with van der Waals surface area (Å²) in [6.07, 6.45) is 0. The topological polar surface area (TPSA) is 48.2 Å². The molecule has 1 aromatic carbocycles. The van der Waals surface area contributed by atoms with Crippen LogP contribution in [0, 0.1) is 6.92 Å². The van der Waals surface area contributed by atoms with Crippen LogP contribution in [0.5, 0.6) is 5.75 Å². The molecule has 18 heavy (non-hydrogen) atoms. The van der Waals surface area contributed by atoms with Gasteiger partial charge in [0.25, 0.3) is 0 Å². The van der Waals surface area contributed by atoms with Gasteiger partial charge in [-0.05, 0) is 40.5 Å². The monoisotopic (exact) mass is 310 g/mol. The molecule has 0 amide bonds. The van der Waals surface area contributed by atoms with Crippen molar-refractivity contribution in [3.05, 3.63) is 40.0 Å². The summed E-state index contributed by atoms with van der Waals surface area (Å²) in [4.78, 5) is 4.25. The van der Waals surface area contributed by atoms with Gasteiger partial charge in [0.15, 0.2) is 6.61 Å². The zero-order valence-corrected chi connectivity index (χ0v) is 12.2. The molecule has 2 rings (SSSR count). The Morgan fingerprint density at radius 2 is 2.17 bits per heavy atom. The quantitative estimate of drug-likeness (QED) is 0.860. The van der Waals surface area contributed by atoms with Crippen molar-refractivity contribution in [2.75, 3.05) is 0 Å². The first-order valence-corrected chi connectivity index (χ1v) is 6.57. The van der Waals surface area contributed by atoms with Gasteiger partial charge in [-0.2, -0.15) is 4.98 Å². The van der Waals surface area contributed by atoms with Crippen LogP contribution in [0.15, 0.2) is 27.2 Å². The predicted octanol–water partition coefficient (Wildman–Crippen LogP) is 3.84. The number of nitrogens with zero attached hydrogens (tertiary/aromatic N) is 2. The van der Waals surface area contributed by atoms with Crippen molar-refractivity contribution in [2.45, 2.75) is 33.3 Å². The molecule has 5 heteroatoms. The van der Waals surface area contributed by atoms with Crippen molar-refractivity contribution < 1.29 is 9.26 Å². The first-order valence-electron chi connectivity index (χ1n) is 5.77. The van der Waals surface area contributed by atoms with Gasteiger partial charge in [0, 0.05) is 5.92 Å². The lowest BCUT2D eigenvalue weighted by Gasteiger charge is -2.06. The first kappa shape index (κ1) is 13.1. The molecule has 0 bridgehead atoms. The predicted molar refractivity (Wildman–Crippen MR) is 71.6 cm³/mol. The fourth-order valence-electron chi connectivity index (χ4n) is 1.43. The average molecular weight is 311 g/mol. The molecule has 0 unspecified atom stereocenters. The van der Waals surface area contributed by atoms with Gasteiger partial charge in [0.05, 0.1) is 4.47 Å². The fraction of sp³-hybridized carbons (Fsp3) is 0.385. The molecule has 0 aliphatic heterocycles. The van der Waals surface area contributed by atoms with Crippen molar-refractivity contribution in [3.8, 4) is 5.75 Å². The molecule has 0 radical (unpaired) electrons. The fourth-order valence-corrected chi connectivity index (χ4v) is 2.03. The summed E-state index contributed by atoms with van der Waals surface area (Å²) >= 11 is 3.46. The van der Waals surface area contributed by atoms with Crippen LogP contribution < -0.4 is 4.74 Å². The highest BCUT2D eigenvalue weighted by Crippen LogP contribution is 2.26. The average Bonchev–Trinajstić information content (AvgIpc) is 2.76. The van der Waals surface area contributed by atoms with Crippen LogP contribution in [0.1, 0.15) is 37.0 Å². The maximum absolute atomic E-state index is 5.64. The number of aryl methyl sites for hydroxylation is 1. The zero-order valence-electron chi connectivity index (χ0n) is 10.6. The van der Waals surface area contributed by atoms with Crippen molar-refractivity contribution in [3.63, 3.8) is 0 Å². The van der Waals surface area contributed by atoms with E-state index in [0.717, 1.165) is 10.2 Å². The number of ether oxygens (including phenoxy) is 1. The summed E-state index contributed by atoms with van der Waals surface area (Å²) in [6.45, 7) is 6.35. The number of hydrogen-bond acceptors (Lipinski definition) is 4. The Hall–Kier alpha value is -1.36. The summed E-state index contributed by atoms with van der Waals surface area (Å²) in [7, 11) is 0. The van der Waals surface area contributed by atoms with Crippen LogP contribution in [-0.4, -0.2) is 10.1 Å². The van der Waals surface area contributed by atoms with Gasteiger partial charge >= 0.3 is 0 Å². The van der Waals surface area contributed by atoms with Gasteiger partial charge in [-0.1, -0.05) is 25.1 Å². The van der Waals surface area contributed by atoms with Crippen LogP contribution in [0.3, 0.4) is 0 Å². The van der Waals surface area contributed by atoms with Gasteiger partial charge in [-0.25, -0.2) is 0 Å². The number of rotatable bonds is 4. The van der Waals surface area contributed by atoms with Gasteiger partial charge in [-0.3, -0.25) is 0 Å². The largest absolute Gasteiger partial charge is 0.484 e. The van der Waals surface area contributed by atoms with E-state index in [-0.39, 0.29) is 5.92 Å². The molecule has 0 atom stereocenters. The van der Waals surface area contributed by atoms with Crippen LogP contribution in [0.2, 0.25) is 0 Å². The number of hydrogen-bond donors (Lipinski definition) is 0. The molecule has 4 nitrogen and oxygen atoms in total. The first-order chi connectivity index (χ1) is 8.56. The Kier molecular flexibility index (Phi) is 4.01. The van der Waals surface area contributed by atoms with E-state index in [1.807, 2.05) is 39.0 Å². The van der Waals surface area contributed by atoms with Crippen LogP contribution in [-0.2, 0) is 6.61 Å². The number of aromatic nitrogens is 2. The van der Waals surface area contributed by atoms with Crippen molar-refractivity contribution in [1.82, 2.24) is 10.1 Å². The highest BCUT2D eigenvalue weighted by atomic mass is 79.9. The third kappa shape index (κ3) is 3.10. The second-order valence-electron chi connectivity index (χ2n) is 4.43. The summed E-state index contributed by atoms with van der Waals surface area (Å²) in [5.41, 5.74) is 1.18. The highest BCUT2D eigenvalue weighted by molar-refractivity contribution is 9.10. The summed E-state index contributed by atoms with van der Waals surface area (Å²) < 4.78 is 11.7. The summed E-state index contributed by atoms with van der Waals surface area (Å²) in [5.74, 6) is 2.21. The molecular weight excluding hydrogens is 296 g/mol. The molecule has 0 N–H and O–H groups in total. The van der Waals surface area contributed by atoms with E-state index >= 15 is 0 Å². The molecule has 0 saturated heterocycles. The Morgan fingerprint density at radius 3 is 2.78 bits per heavy atom. The minimum Gasteiger partial charge on any atom is -0.484 e. The molecule has 2 aromatic rings. The van der Waals surface area contributed by atoms with Gasteiger partial charge in [-0.15, -0.1) is 0 Å². The second kappa shape index (κ2) is 5.52. The third-order valence-corrected chi connectivity index (χ3v) is 3.04. The van der Waals surface area contributed by atoms with Crippen LogP contribution in [0.25, 0.3) is 0 Å². The van der Waals surface area contributed by atoms with E-state index in [4.69, 9.17) is 9.26 Å². The molecule has 96 valence electrons. The normalized spacial score (nSPS) is 10.9. The summed E-state index contributed by atoms with van der Waals surface area (Å²) in [5, 5.41) is 3.87. The Labute approximate surface area is 114 Å². The highest BCUT2D eigenvalue weighted by Gasteiger charge is 2.10. The molecule has 0 fully saturated rings. The number of halogens is 1. The maximum Gasteiger partial charge on any atom is 0.229 e. The SMILES string of the molecule is Cc1ccc(OCc2noc(C(C)C)n2)c(Br)c1. The standard InChI is InChI=1S/C13H15BrN2O2/c1-8(2)13-15-12(16-18-13)7-17-11-5-4-9(3)6-10(11)14/h4-6,8H,7H2,1-3H3. The van der Waals surface area contributed by atoms with E-state index in [1.165, 1.54) is 5.56 Å². The van der Waals surface area contributed by atoms with Crippen LogP contribution >= 0.6 is 15.9 Å². The Balaban J connectivity index is 2.02. The molecule has 1 heterocycles. The van der Waals surface area contributed by atoms with Gasteiger partial charge in [0.2, 0.25) is 11.7 Å². The van der Waals surface area contributed by atoms with Gasteiger partial charge < -0.3 is 9.26 Å². The van der Waals surface area contributed by atoms with E-state index < -0.39 is 0 Å². The van der Waals surface area contributed by atoms with Gasteiger partial charge in [0.1, 0.15) is 5.75 Å². The van der Waals surface area contributed by atoms with E-state index in [1.54, 1.807) is 0 Å². The van der Waals surface area contributed by atoms with Crippen LogP contribution in [0.4, 0.5) is 0 Å².